The molecule has 2 heterocycles. The molecule has 1 unspecified atom stereocenters. The van der Waals surface area contributed by atoms with Crippen molar-refractivity contribution < 1.29 is 56.9 Å². The van der Waals surface area contributed by atoms with E-state index in [2.05, 4.69) is 10.6 Å². The van der Waals surface area contributed by atoms with Crippen molar-refractivity contribution >= 4 is 35.0 Å². The van der Waals surface area contributed by atoms with Gasteiger partial charge in [-0.25, -0.2) is 0 Å². The molecule has 2 aromatic carbocycles. The van der Waals surface area contributed by atoms with Gasteiger partial charge < -0.3 is 25.8 Å². The van der Waals surface area contributed by atoms with E-state index >= 15 is 0 Å². The Balaban J connectivity index is 0.000000258. The molecule has 1 fully saturated rings. The molecular weight excluding hydrogens is 561 g/mol. The first-order valence-electron chi connectivity index (χ1n) is 11.4. The third-order valence-electron chi connectivity index (χ3n) is 5.84. The Morgan fingerprint density at radius 1 is 1.19 bits per heavy atom. The van der Waals surface area contributed by atoms with Gasteiger partial charge in [0.2, 0.25) is 11.8 Å². The first-order valence-corrected chi connectivity index (χ1v) is 11.8. The minimum atomic E-state index is -0.592. The van der Waals surface area contributed by atoms with Crippen molar-refractivity contribution in [3.63, 3.8) is 0 Å². The van der Waals surface area contributed by atoms with E-state index in [1.807, 2.05) is 13.1 Å². The second kappa shape index (κ2) is 14.8. The zero-order chi connectivity index (χ0) is 25.4. The number of likely N-dealkylation sites (N-methyl/N-ethyl adjacent to an activating group) is 1. The number of amides is 3. The number of nitrogens with zero attached hydrogens (tertiary/aromatic N) is 1. The van der Waals surface area contributed by atoms with E-state index in [0.29, 0.717) is 42.5 Å². The molecule has 0 aliphatic carbocycles. The molecule has 2 aliphatic rings. The van der Waals surface area contributed by atoms with Gasteiger partial charge >= 0.3 is 0 Å². The van der Waals surface area contributed by atoms with Crippen LogP contribution >= 0.6 is 11.6 Å². The van der Waals surface area contributed by atoms with E-state index in [0.717, 1.165) is 29.7 Å². The summed E-state index contributed by atoms with van der Waals surface area (Å²) in [7, 11) is 1.90. The minimum absolute atomic E-state index is 0. The van der Waals surface area contributed by atoms with Crippen LogP contribution in [0.4, 0.5) is 5.69 Å². The number of imide groups is 1. The fourth-order valence-corrected chi connectivity index (χ4v) is 4.21. The smallest absolute Gasteiger partial charge is 0.255 e. The number of carbonyl (C=O) groups excluding carboxylic acids is 3. The molecule has 0 aromatic heterocycles. The Kier molecular flexibility index (Phi) is 12.4. The number of halogens is 1. The summed E-state index contributed by atoms with van der Waals surface area (Å²) in [6.07, 6.45) is 1.40. The van der Waals surface area contributed by atoms with E-state index in [1.54, 1.807) is 30.3 Å². The van der Waals surface area contributed by atoms with Crippen molar-refractivity contribution in [2.45, 2.75) is 38.5 Å². The van der Waals surface area contributed by atoms with Gasteiger partial charge in [0.05, 0.1) is 19.8 Å². The van der Waals surface area contributed by atoms with Crippen LogP contribution in [-0.4, -0.2) is 60.6 Å². The molecule has 1 radical (unpaired) electrons. The molecule has 1 atom stereocenters. The fraction of sp³-hybridized carbons (Fsp3) is 0.400. The first kappa shape index (κ1) is 30.3. The molecule has 2 aromatic rings. The van der Waals surface area contributed by atoms with Gasteiger partial charge in [-0.05, 0) is 42.6 Å². The number of ether oxygens (including phenoxy) is 1. The van der Waals surface area contributed by atoms with Crippen LogP contribution in [0.3, 0.4) is 0 Å². The molecule has 3 amide bonds. The SMILES string of the molecule is CNCCOCCc1ccc([NH-])cc1Cl.O=C1CCC(N2Cc3cc(CO)ccc3C2=O)C(=O)N1.[Y]. The van der Waals surface area contributed by atoms with Gasteiger partial charge in [-0.3, -0.25) is 19.7 Å². The van der Waals surface area contributed by atoms with Crippen molar-refractivity contribution in [2.24, 2.45) is 0 Å². The number of carbonyl (C=O) groups is 3. The van der Waals surface area contributed by atoms with Crippen molar-refractivity contribution in [1.82, 2.24) is 15.5 Å². The Labute approximate surface area is 241 Å². The molecule has 0 bridgehead atoms. The van der Waals surface area contributed by atoms with Crippen LogP contribution in [0.25, 0.3) is 5.73 Å². The summed E-state index contributed by atoms with van der Waals surface area (Å²) < 4.78 is 5.40. The molecule has 4 rings (SSSR count). The Morgan fingerprint density at radius 2 is 1.97 bits per heavy atom. The van der Waals surface area contributed by atoms with Crippen LogP contribution in [0.1, 0.15) is 39.9 Å². The van der Waals surface area contributed by atoms with Crippen molar-refractivity contribution in [1.29, 1.82) is 0 Å². The second-order valence-electron chi connectivity index (χ2n) is 8.32. The quantitative estimate of drug-likeness (QED) is 0.320. The fourth-order valence-electron chi connectivity index (χ4n) is 3.93. The predicted molar refractivity (Wildman–Crippen MR) is 132 cm³/mol. The van der Waals surface area contributed by atoms with Crippen molar-refractivity contribution in [3.05, 3.63) is 69.4 Å². The molecule has 0 saturated carbocycles. The van der Waals surface area contributed by atoms with E-state index in [4.69, 9.17) is 27.2 Å². The van der Waals surface area contributed by atoms with Gasteiger partial charge in [0, 0.05) is 62.8 Å². The molecule has 11 heteroatoms. The number of hydrogen-bond acceptors (Lipinski definition) is 6. The maximum atomic E-state index is 12.3. The number of fused-ring (bicyclic) bond motifs is 1. The van der Waals surface area contributed by atoms with Crippen LogP contribution in [0.5, 0.6) is 0 Å². The van der Waals surface area contributed by atoms with Crippen LogP contribution in [0, 0.1) is 0 Å². The Bertz CT molecular complexity index is 1080. The summed E-state index contributed by atoms with van der Waals surface area (Å²) in [6.45, 7) is 2.50. The third-order valence-corrected chi connectivity index (χ3v) is 6.19. The minimum Gasteiger partial charge on any atom is -0.699 e. The summed E-state index contributed by atoms with van der Waals surface area (Å²) in [5.41, 5.74) is 11.0. The van der Waals surface area contributed by atoms with Crippen molar-refractivity contribution in [2.75, 3.05) is 26.8 Å². The third kappa shape index (κ3) is 8.06. The van der Waals surface area contributed by atoms with Gasteiger partial charge in [0.15, 0.2) is 0 Å². The Hall–Kier alpha value is -1.88. The second-order valence-corrected chi connectivity index (χ2v) is 8.73. The number of rotatable bonds is 8. The van der Waals surface area contributed by atoms with Gasteiger partial charge in [0.1, 0.15) is 6.04 Å². The largest absolute Gasteiger partial charge is 0.699 e. The molecule has 4 N–H and O–H groups in total. The summed E-state index contributed by atoms with van der Waals surface area (Å²) in [4.78, 5) is 36.8. The number of benzene rings is 2. The molecule has 1 saturated heterocycles. The average molecular weight is 591 g/mol. The number of nitrogens with one attached hydrogen (secondary N) is 3. The number of piperidine rings is 1. The van der Waals surface area contributed by atoms with E-state index in [-0.39, 0.29) is 57.6 Å². The summed E-state index contributed by atoms with van der Waals surface area (Å²) >= 11 is 5.98. The predicted octanol–water partition coefficient (Wildman–Crippen LogP) is 2.74. The van der Waals surface area contributed by atoms with Crippen LogP contribution in [0.15, 0.2) is 36.4 Å². The molecular formula is C25H30ClN4O5Y-. The van der Waals surface area contributed by atoms with Crippen LogP contribution < -0.4 is 10.6 Å². The van der Waals surface area contributed by atoms with Crippen molar-refractivity contribution in [3.8, 4) is 0 Å². The summed E-state index contributed by atoms with van der Waals surface area (Å²) in [6, 6.07) is 9.84. The molecule has 191 valence electrons. The summed E-state index contributed by atoms with van der Waals surface area (Å²) in [5, 5.41) is 15.0. The van der Waals surface area contributed by atoms with Crippen LogP contribution in [-0.2, 0) is 66.6 Å². The maximum absolute atomic E-state index is 12.3. The van der Waals surface area contributed by atoms with Crippen LogP contribution in [0.2, 0.25) is 5.02 Å². The first-order chi connectivity index (χ1) is 16.8. The van der Waals surface area contributed by atoms with E-state index < -0.39 is 11.9 Å². The summed E-state index contributed by atoms with van der Waals surface area (Å²) in [5.74, 6) is -0.901. The molecule has 36 heavy (non-hydrogen) atoms. The van der Waals surface area contributed by atoms with E-state index in [1.165, 1.54) is 4.90 Å². The number of aliphatic hydroxyl groups is 1. The van der Waals surface area contributed by atoms with Gasteiger partial charge in [-0.1, -0.05) is 41.9 Å². The molecule has 9 nitrogen and oxygen atoms in total. The zero-order valence-electron chi connectivity index (χ0n) is 20.2. The normalized spacial score (nSPS) is 16.6. The van der Waals surface area contributed by atoms with E-state index in [9.17, 15) is 14.4 Å². The number of aliphatic hydroxyl groups excluding tert-OH is 1. The molecule has 2 aliphatic heterocycles. The number of hydrogen-bond donors (Lipinski definition) is 3. The van der Waals surface area contributed by atoms with Gasteiger partial charge in [-0.15, -0.1) is 5.69 Å². The van der Waals surface area contributed by atoms with Gasteiger partial charge in [0.25, 0.3) is 5.91 Å². The van der Waals surface area contributed by atoms with Gasteiger partial charge in [-0.2, -0.15) is 0 Å². The zero-order valence-corrected chi connectivity index (χ0v) is 23.8. The Morgan fingerprint density at radius 3 is 2.64 bits per heavy atom. The average Bonchev–Trinajstić information content (AvgIpc) is 3.16. The monoisotopic (exact) mass is 590 g/mol. The maximum Gasteiger partial charge on any atom is 0.255 e. The topological polar surface area (TPSA) is 132 Å². The standard InChI is InChI=1S/C14H14N2O4.C11H16ClN2O.Y/c17-7-8-1-2-10-9(5-8)6-16(14(10)20)11-3-4-12(18)15-13(11)19;1-14-5-7-15-6-4-9-2-3-10(13)8-11(9)12;/h1-2,5,11,17H,3-4,6-7H2,(H,15,18,19);2-3,8,13-14H,4-7H2,1H3;/q;-1;. The molecule has 0 spiro atoms.